The monoisotopic (exact) mass is 1020 g/mol. The van der Waals surface area contributed by atoms with E-state index in [0.717, 1.165) is 0 Å². The maximum atomic E-state index is 11.9. The van der Waals surface area contributed by atoms with Gasteiger partial charge in [0.05, 0.1) is 0 Å². The maximum Gasteiger partial charge on any atom is 0.354 e. The fourth-order valence-electron chi connectivity index (χ4n) is 5.48. The van der Waals surface area contributed by atoms with Gasteiger partial charge < -0.3 is 46.6 Å². The van der Waals surface area contributed by atoms with E-state index in [0.29, 0.717) is 53.0 Å². The maximum absolute atomic E-state index is 11.9. The van der Waals surface area contributed by atoms with E-state index in [-0.39, 0.29) is 90.0 Å². The van der Waals surface area contributed by atoms with Crippen LogP contribution in [0, 0.1) is 38.6 Å². The Morgan fingerprint density at radius 3 is 0.766 bits per heavy atom. The molecule has 333 valence electrons. The quantitative estimate of drug-likeness (QED) is 0.0710. The molecule has 0 aliphatic heterocycles. The first kappa shape index (κ1) is 51.0. The van der Waals surface area contributed by atoms with Gasteiger partial charge in [-0.2, -0.15) is 0 Å². The van der Waals surface area contributed by atoms with E-state index in [1.54, 1.807) is 57.2 Å². The zero-order valence-corrected chi connectivity index (χ0v) is 36.5. The number of nitrogens with one attached hydrogen (secondary N) is 3. The SMILES string of the molecule is CCNC(=O)c1cc(-c2ccc(O)cc2)cc(C(=O)O)n1.CCNC(=O)c1cc(-c2ccc(O)cc2)cc(C(=O)O)n1.CCNC(=O)c1cc(-c2ccc(O)cc2)cc(C(=O)O)n1.[Tb]. The summed E-state index contributed by atoms with van der Waals surface area (Å²) in [6, 6.07) is 27.5. The summed E-state index contributed by atoms with van der Waals surface area (Å²) < 4.78 is 0. The van der Waals surface area contributed by atoms with Crippen molar-refractivity contribution in [3.8, 4) is 50.6 Å². The summed E-state index contributed by atoms with van der Waals surface area (Å²) in [6.45, 7) is 6.56. The van der Waals surface area contributed by atoms with E-state index in [2.05, 4.69) is 30.9 Å². The van der Waals surface area contributed by atoms with Crippen molar-refractivity contribution in [2.45, 2.75) is 20.8 Å². The Morgan fingerprint density at radius 2 is 0.578 bits per heavy atom. The third-order valence-corrected chi connectivity index (χ3v) is 8.45. The number of aromatic carboxylic acids is 3. The Hall–Kier alpha value is -7.38. The third-order valence-electron chi connectivity index (χ3n) is 8.45. The molecule has 0 aliphatic carbocycles. The summed E-state index contributed by atoms with van der Waals surface area (Å²) in [4.78, 5) is 80.5. The summed E-state index contributed by atoms with van der Waals surface area (Å²) in [7, 11) is 0. The number of benzene rings is 3. The Balaban J connectivity index is 0.000000253. The van der Waals surface area contributed by atoms with Gasteiger partial charge in [-0.1, -0.05) is 36.4 Å². The Bertz CT molecular complexity index is 2340. The molecule has 3 aromatic carbocycles. The summed E-state index contributed by atoms with van der Waals surface area (Å²) in [5, 5.41) is 62.9. The molecule has 1 radical (unpaired) electrons. The van der Waals surface area contributed by atoms with Crippen LogP contribution in [0.1, 0.15) is 83.7 Å². The van der Waals surface area contributed by atoms with Crippen LogP contribution in [0.2, 0.25) is 0 Å². The zero-order chi connectivity index (χ0) is 46.2. The molecular formula is C45H42N6O12Tb. The van der Waals surface area contributed by atoms with Crippen LogP contribution in [0.4, 0.5) is 0 Å². The van der Waals surface area contributed by atoms with Crippen molar-refractivity contribution >= 4 is 35.6 Å². The number of phenolic OH excluding ortho intramolecular Hbond substituents is 3. The van der Waals surface area contributed by atoms with Crippen molar-refractivity contribution in [3.05, 3.63) is 143 Å². The number of hydrogen-bond acceptors (Lipinski definition) is 12. The van der Waals surface area contributed by atoms with Crippen molar-refractivity contribution in [3.63, 3.8) is 0 Å². The van der Waals surface area contributed by atoms with Crippen molar-refractivity contribution < 1.29 is 98.0 Å². The zero-order valence-electron chi connectivity index (χ0n) is 34.3. The van der Waals surface area contributed by atoms with Crippen LogP contribution in [0.3, 0.4) is 0 Å². The van der Waals surface area contributed by atoms with Crippen LogP contribution >= 0.6 is 0 Å². The number of phenols is 3. The molecule has 3 heterocycles. The molecule has 3 amide bonds. The molecule has 0 atom stereocenters. The molecule has 18 nitrogen and oxygen atoms in total. The van der Waals surface area contributed by atoms with Crippen molar-refractivity contribution in [1.82, 2.24) is 30.9 Å². The molecule has 0 unspecified atom stereocenters. The van der Waals surface area contributed by atoms with E-state index in [4.69, 9.17) is 15.3 Å². The van der Waals surface area contributed by atoms with Gasteiger partial charge >= 0.3 is 17.9 Å². The Morgan fingerprint density at radius 1 is 0.375 bits per heavy atom. The van der Waals surface area contributed by atoms with Crippen molar-refractivity contribution in [2.24, 2.45) is 0 Å². The van der Waals surface area contributed by atoms with Gasteiger partial charge in [-0.05, 0) is 127 Å². The fraction of sp³-hybridized carbons (Fsp3) is 0.133. The molecule has 19 heteroatoms. The predicted molar refractivity (Wildman–Crippen MR) is 229 cm³/mol. The molecule has 0 bridgehead atoms. The van der Waals surface area contributed by atoms with Crippen LogP contribution in [0.25, 0.3) is 33.4 Å². The number of carbonyl (C=O) groups is 6. The summed E-state index contributed by atoms with van der Waals surface area (Å²) in [5.41, 5.74) is 3.19. The predicted octanol–water partition coefficient (Wildman–Crippen LogP) is 5.71. The minimum absolute atomic E-state index is 0. The van der Waals surface area contributed by atoms with Crippen LogP contribution in [0.15, 0.2) is 109 Å². The minimum Gasteiger partial charge on any atom is -0.508 e. The van der Waals surface area contributed by atoms with Gasteiger partial charge in [0.25, 0.3) is 17.7 Å². The first-order chi connectivity index (χ1) is 30.0. The van der Waals surface area contributed by atoms with E-state index >= 15 is 0 Å². The average Bonchev–Trinajstić information content (AvgIpc) is 3.27. The van der Waals surface area contributed by atoms with Gasteiger partial charge in [-0.3, -0.25) is 14.4 Å². The largest absolute Gasteiger partial charge is 0.508 e. The van der Waals surface area contributed by atoms with Gasteiger partial charge in [0.1, 0.15) is 51.4 Å². The molecule has 64 heavy (non-hydrogen) atoms. The van der Waals surface area contributed by atoms with Gasteiger partial charge in [0.2, 0.25) is 0 Å². The molecule has 0 spiro atoms. The van der Waals surface area contributed by atoms with E-state index in [1.807, 2.05) is 0 Å². The van der Waals surface area contributed by atoms with E-state index in [1.165, 1.54) is 72.8 Å². The first-order valence-corrected chi connectivity index (χ1v) is 19.0. The second-order valence-corrected chi connectivity index (χ2v) is 13.0. The molecule has 0 saturated carbocycles. The van der Waals surface area contributed by atoms with Crippen LogP contribution in [-0.4, -0.2) is 101 Å². The number of carbonyl (C=O) groups excluding carboxylic acids is 3. The number of pyridine rings is 3. The van der Waals surface area contributed by atoms with Crippen LogP contribution in [0.5, 0.6) is 17.2 Å². The normalized spacial score (nSPS) is 9.98. The van der Waals surface area contributed by atoms with E-state index in [9.17, 15) is 44.1 Å². The number of carboxylic acid groups (broad SMARTS) is 3. The molecule has 3 aromatic heterocycles. The minimum atomic E-state index is -1.21. The van der Waals surface area contributed by atoms with Crippen LogP contribution < -0.4 is 16.0 Å². The fourth-order valence-corrected chi connectivity index (χ4v) is 5.48. The second-order valence-electron chi connectivity index (χ2n) is 13.0. The van der Waals surface area contributed by atoms with Gasteiger partial charge in [-0.15, -0.1) is 0 Å². The Labute approximate surface area is 396 Å². The number of nitrogens with zero attached hydrogens (tertiary/aromatic N) is 3. The van der Waals surface area contributed by atoms with Gasteiger partial charge in [0, 0.05) is 58.2 Å². The number of aromatic nitrogens is 3. The molecule has 0 fully saturated rings. The number of hydrogen-bond donors (Lipinski definition) is 9. The Kier molecular flexibility index (Phi) is 19.4. The topological polar surface area (TPSA) is 299 Å². The summed E-state index contributed by atoms with van der Waals surface area (Å²) in [6.07, 6.45) is 0. The standard InChI is InChI=1S/3C15H14N2O4.Tb/c3*1-2-16-14(19)12-7-10(8-13(17-12)15(20)21)9-3-5-11(18)6-4-9;/h3*3-8,18H,2H2,1H3,(H,16,19)(H,20,21);. The van der Waals surface area contributed by atoms with E-state index < -0.39 is 35.6 Å². The average molecular weight is 1020 g/mol. The van der Waals surface area contributed by atoms with Crippen molar-refractivity contribution in [1.29, 1.82) is 0 Å². The van der Waals surface area contributed by atoms with Gasteiger partial charge in [-0.25, -0.2) is 29.3 Å². The molecule has 0 saturated heterocycles. The molecule has 6 aromatic rings. The third kappa shape index (κ3) is 14.6. The van der Waals surface area contributed by atoms with Gasteiger partial charge in [0.15, 0.2) is 0 Å². The number of rotatable bonds is 12. The molecule has 6 rings (SSSR count). The van der Waals surface area contributed by atoms with Crippen LogP contribution in [-0.2, 0) is 0 Å². The smallest absolute Gasteiger partial charge is 0.354 e. The molecular weight excluding hydrogens is 975 g/mol. The van der Waals surface area contributed by atoms with Crippen molar-refractivity contribution in [2.75, 3.05) is 19.6 Å². The summed E-state index contributed by atoms with van der Waals surface area (Å²) in [5.74, 6) is -4.59. The first-order valence-electron chi connectivity index (χ1n) is 19.0. The number of carboxylic acids is 3. The number of amides is 3. The second kappa shape index (κ2) is 24.3. The number of aromatic hydroxyl groups is 3. The molecule has 9 N–H and O–H groups in total. The molecule has 0 aliphatic rings. The summed E-state index contributed by atoms with van der Waals surface area (Å²) >= 11 is 0.